The fraction of sp³-hybridized carbons (Fsp3) is 0.0667. The molecule has 0 spiro atoms. The van der Waals surface area contributed by atoms with Gasteiger partial charge < -0.3 is 10.6 Å². The highest BCUT2D eigenvalue weighted by atomic mass is 35.5. The van der Waals surface area contributed by atoms with Crippen molar-refractivity contribution < 1.29 is 18.4 Å². The first-order chi connectivity index (χ1) is 10.9. The predicted octanol–water partition coefficient (Wildman–Crippen LogP) is 3.64. The molecule has 2 rings (SSSR count). The SMILES string of the molecule is O=C(CNC(=O)c1ccc(Cl)c(Cl)c1)Nc1ccc(F)cc1F. The maximum absolute atomic E-state index is 13.4. The number of carbonyl (C=O) groups excluding carboxylic acids is 2. The molecule has 23 heavy (non-hydrogen) atoms. The van der Waals surface area contributed by atoms with Crippen LogP contribution in [0.4, 0.5) is 14.5 Å². The van der Waals surface area contributed by atoms with Crippen molar-refractivity contribution in [1.29, 1.82) is 0 Å². The Hall–Kier alpha value is -2.18. The summed E-state index contributed by atoms with van der Waals surface area (Å²) < 4.78 is 26.1. The highest BCUT2D eigenvalue weighted by Crippen LogP contribution is 2.22. The Kier molecular flexibility index (Phi) is 5.52. The summed E-state index contributed by atoms with van der Waals surface area (Å²) in [4.78, 5) is 23.5. The van der Waals surface area contributed by atoms with Gasteiger partial charge in [0, 0.05) is 11.6 Å². The third-order valence-electron chi connectivity index (χ3n) is 2.80. The summed E-state index contributed by atoms with van der Waals surface area (Å²) in [7, 11) is 0. The average Bonchev–Trinajstić information content (AvgIpc) is 2.50. The van der Waals surface area contributed by atoms with Crippen molar-refractivity contribution in [2.24, 2.45) is 0 Å². The Morgan fingerprint density at radius 2 is 1.74 bits per heavy atom. The van der Waals surface area contributed by atoms with Gasteiger partial charge in [0.1, 0.15) is 11.6 Å². The fourth-order valence-electron chi connectivity index (χ4n) is 1.69. The predicted molar refractivity (Wildman–Crippen MR) is 83.8 cm³/mol. The van der Waals surface area contributed by atoms with E-state index in [1.165, 1.54) is 18.2 Å². The molecule has 0 heterocycles. The van der Waals surface area contributed by atoms with Crippen LogP contribution in [0.5, 0.6) is 0 Å². The summed E-state index contributed by atoms with van der Waals surface area (Å²) in [5.74, 6) is -2.87. The van der Waals surface area contributed by atoms with Gasteiger partial charge in [0.25, 0.3) is 5.91 Å². The molecule has 2 N–H and O–H groups in total. The second-order valence-electron chi connectivity index (χ2n) is 4.48. The smallest absolute Gasteiger partial charge is 0.251 e. The normalized spacial score (nSPS) is 10.3. The van der Waals surface area contributed by atoms with Crippen LogP contribution in [0.2, 0.25) is 10.0 Å². The van der Waals surface area contributed by atoms with E-state index in [0.717, 1.165) is 12.1 Å². The third-order valence-corrected chi connectivity index (χ3v) is 3.54. The van der Waals surface area contributed by atoms with Gasteiger partial charge in [-0.25, -0.2) is 8.78 Å². The molecule has 0 aliphatic carbocycles. The number of carbonyl (C=O) groups is 2. The van der Waals surface area contributed by atoms with Crippen LogP contribution in [-0.2, 0) is 4.79 Å². The molecule has 0 bridgehead atoms. The highest BCUT2D eigenvalue weighted by Gasteiger charge is 2.11. The van der Waals surface area contributed by atoms with E-state index in [4.69, 9.17) is 23.2 Å². The second-order valence-corrected chi connectivity index (χ2v) is 5.30. The van der Waals surface area contributed by atoms with Crippen LogP contribution in [0.1, 0.15) is 10.4 Å². The quantitative estimate of drug-likeness (QED) is 0.876. The monoisotopic (exact) mass is 358 g/mol. The molecule has 0 atom stereocenters. The first-order valence-electron chi connectivity index (χ1n) is 6.35. The van der Waals surface area contributed by atoms with Crippen LogP contribution in [0.3, 0.4) is 0 Å². The molecule has 0 unspecified atom stereocenters. The number of hydrogen-bond donors (Lipinski definition) is 2. The van der Waals surface area contributed by atoms with Gasteiger partial charge in [-0.2, -0.15) is 0 Å². The summed E-state index contributed by atoms with van der Waals surface area (Å²) in [6.07, 6.45) is 0. The molecular formula is C15H10Cl2F2N2O2. The number of hydrogen-bond acceptors (Lipinski definition) is 2. The maximum atomic E-state index is 13.4. The number of nitrogens with one attached hydrogen (secondary N) is 2. The fourth-order valence-corrected chi connectivity index (χ4v) is 1.98. The molecule has 0 fully saturated rings. The van der Waals surface area contributed by atoms with Crippen LogP contribution in [-0.4, -0.2) is 18.4 Å². The van der Waals surface area contributed by atoms with Crippen molar-refractivity contribution in [2.45, 2.75) is 0 Å². The number of rotatable bonds is 4. The maximum Gasteiger partial charge on any atom is 0.251 e. The van der Waals surface area contributed by atoms with Gasteiger partial charge in [-0.05, 0) is 30.3 Å². The largest absolute Gasteiger partial charge is 0.343 e. The first-order valence-corrected chi connectivity index (χ1v) is 7.10. The van der Waals surface area contributed by atoms with Crippen molar-refractivity contribution in [2.75, 3.05) is 11.9 Å². The molecule has 120 valence electrons. The molecule has 2 aromatic carbocycles. The van der Waals surface area contributed by atoms with Crippen molar-refractivity contribution >= 4 is 40.7 Å². The summed E-state index contributed by atoms with van der Waals surface area (Å²) in [5, 5.41) is 5.07. The molecule has 0 aliphatic heterocycles. The van der Waals surface area contributed by atoms with Gasteiger partial charge in [-0.3, -0.25) is 9.59 Å². The average molecular weight is 359 g/mol. The zero-order chi connectivity index (χ0) is 17.0. The molecular weight excluding hydrogens is 349 g/mol. The van der Waals surface area contributed by atoms with E-state index in [9.17, 15) is 18.4 Å². The molecule has 0 radical (unpaired) electrons. The highest BCUT2D eigenvalue weighted by molar-refractivity contribution is 6.42. The molecule has 0 aromatic heterocycles. The zero-order valence-corrected chi connectivity index (χ0v) is 13.0. The third kappa shape index (κ3) is 4.64. The first kappa shape index (κ1) is 17.2. The zero-order valence-electron chi connectivity index (χ0n) is 11.5. The van der Waals surface area contributed by atoms with Gasteiger partial charge in [0.2, 0.25) is 5.91 Å². The van der Waals surface area contributed by atoms with E-state index in [1.54, 1.807) is 0 Å². The summed E-state index contributed by atoms with van der Waals surface area (Å²) in [6, 6.07) is 6.99. The van der Waals surface area contributed by atoms with Crippen molar-refractivity contribution in [3.63, 3.8) is 0 Å². The van der Waals surface area contributed by atoms with Gasteiger partial charge in [-0.15, -0.1) is 0 Å². The van der Waals surface area contributed by atoms with Crippen molar-refractivity contribution in [1.82, 2.24) is 5.32 Å². The van der Waals surface area contributed by atoms with E-state index in [2.05, 4.69) is 10.6 Å². The Morgan fingerprint density at radius 1 is 1.00 bits per heavy atom. The van der Waals surface area contributed by atoms with Crippen LogP contribution in [0, 0.1) is 11.6 Å². The number of halogens is 4. The second kappa shape index (κ2) is 7.39. The Balaban J connectivity index is 1.93. The van der Waals surface area contributed by atoms with Gasteiger partial charge >= 0.3 is 0 Å². The van der Waals surface area contributed by atoms with E-state index in [0.29, 0.717) is 11.1 Å². The standard InChI is InChI=1S/C15H10Cl2F2N2O2/c16-10-3-1-8(5-11(10)17)15(23)20-7-14(22)21-13-4-2-9(18)6-12(13)19/h1-6H,7H2,(H,20,23)(H,21,22). The Morgan fingerprint density at radius 3 is 2.39 bits per heavy atom. The summed E-state index contributed by atoms with van der Waals surface area (Å²) in [5.41, 5.74) is 0.0420. The minimum absolute atomic E-state index is 0.180. The van der Waals surface area contributed by atoms with E-state index >= 15 is 0 Å². The molecule has 0 aliphatic rings. The van der Waals surface area contributed by atoms with Crippen LogP contribution < -0.4 is 10.6 Å². The lowest BCUT2D eigenvalue weighted by atomic mass is 10.2. The number of benzene rings is 2. The molecule has 2 aromatic rings. The summed E-state index contributed by atoms with van der Waals surface area (Å²) >= 11 is 11.5. The Bertz CT molecular complexity index is 769. The lowest BCUT2D eigenvalue weighted by Gasteiger charge is -2.08. The van der Waals surface area contributed by atoms with Crippen molar-refractivity contribution in [3.8, 4) is 0 Å². The van der Waals surface area contributed by atoms with Gasteiger partial charge in [-0.1, -0.05) is 23.2 Å². The number of amides is 2. The van der Waals surface area contributed by atoms with E-state index < -0.39 is 30.0 Å². The van der Waals surface area contributed by atoms with Gasteiger partial charge in [0.05, 0.1) is 22.3 Å². The summed E-state index contributed by atoms with van der Waals surface area (Å²) in [6.45, 7) is -0.393. The minimum atomic E-state index is -0.908. The molecule has 8 heteroatoms. The van der Waals surface area contributed by atoms with E-state index in [1.807, 2.05) is 0 Å². The van der Waals surface area contributed by atoms with Crippen LogP contribution in [0.15, 0.2) is 36.4 Å². The molecule has 0 saturated heterocycles. The topological polar surface area (TPSA) is 58.2 Å². The lowest BCUT2D eigenvalue weighted by Crippen LogP contribution is -2.33. The van der Waals surface area contributed by atoms with E-state index in [-0.39, 0.29) is 16.3 Å². The minimum Gasteiger partial charge on any atom is -0.343 e. The molecule has 4 nitrogen and oxygen atoms in total. The molecule has 0 saturated carbocycles. The van der Waals surface area contributed by atoms with Crippen LogP contribution >= 0.6 is 23.2 Å². The van der Waals surface area contributed by atoms with Gasteiger partial charge in [0.15, 0.2) is 0 Å². The lowest BCUT2D eigenvalue weighted by molar-refractivity contribution is -0.115. The number of anilines is 1. The Labute approximate surface area is 140 Å². The van der Waals surface area contributed by atoms with Crippen molar-refractivity contribution in [3.05, 3.63) is 63.6 Å². The molecule has 2 amide bonds. The van der Waals surface area contributed by atoms with Crippen LogP contribution in [0.25, 0.3) is 0 Å².